The molecule has 0 aromatic carbocycles. The summed E-state index contributed by atoms with van der Waals surface area (Å²) in [6.07, 6.45) is 6.56. The number of hydrogen-bond acceptors (Lipinski definition) is 3. The van der Waals surface area contributed by atoms with Gasteiger partial charge in [-0.3, -0.25) is 0 Å². The Morgan fingerprint density at radius 2 is 2.25 bits per heavy atom. The highest BCUT2D eigenvalue weighted by molar-refractivity contribution is 6.35. The molecule has 1 aromatic heterocycles. The Labute approximate surface area is 74.3 Å². The van der Waals surface area contributed by atoms with E-state index in [-0.39, 0.29) is 15.4 Å². The van der Waals surface area contributed by atoms with Crippen LogP contribution in [0.25, 0.3) is 0 Å². The number of ether oxygens (including phenoxy) is 2. The molecule has 1 rings (SSSR count). The average Bonchev–Trinajstić information content (AvgIpc) is 2.59. The molecule has 1 heterocycles. The third kappa shape index (κ3) is 2.76. The van der Waals surface area contributed by atoms with Gasteiger partial charge in [0.2, 0.25) is 0 Å². The van der Waals surface area contributed by atoms with Gasteiger partial charge in [-0.2, -0.15) is 0 Å². The van der Waals surface area contributed by atoms with E-state index >= 15 is 0 Å². The molecule has 1 aromatic rings. The second-order valence-corrected chi connectivity index (χ2v) is 4.18. The minimum absolute atomic E-state index is 0.0207. The average molecular weight is 186 g/mol. The molecular weight excluding hydrogens is 172 g/mol. The van der Waals surface area contributed by atoms with Gasteiger partial charge < -0.3 is 14.0 Å². The minimum atomic E-state index is -0.365. The Hall–Kier alpha value is -0.653. The van der Waals surface area contributed by atoms with Gasteiger partial charge in [0.05, 0.1) is 6.33 Å². The van der Waals surface area contributed by atoms with E-state index in [1.54, 1.807) is 20.4 Å². The van der Waals surface area contributed by atoms with E-state index in [1.165, 1.54) is 0 Å². The maximum Gasteiger partial charge on any atom is 0.136 e. The van der Waals surface area contributed by atoms with Crippen LogP contribution in [-0.4, -0.2) is 39.2 Å². The SMILES string of the molecule is COC(OC)[SiH2]Cn1ccnc1. The smallest absolute Gasteiger partial charge is 0.136 e. The lowest BCUT2D eigenvalue weighted by atomic mass is 10.9. The first-order valence-electron chi connectivity index (χ1n) is 3.88. The summed E-state index contributed by atoms with van der Waals surface area (Å²) in [6, 6.07) is 0. The van der Waals surface area contributed by atoms with Gasteiger partial charge >= 0.3 is 0 Å². The molecule has 0 aliphatic rings. The van der Waals surface area contributed by atoms with Crippen molar-refractivity contribution in [1.82, 2.24) is 9.55 Å². The maximum atomic E-state index is 5.10. The van der Waals surface area contributed by atoms with Gasteiger partial charge in [0.1, 0.15) is 15.4 Å². The van der Waals surface area contributed by atoms with Gasteiger partial charge in [0.25, 0.3) is 0 Å². The maximum absolute atomic E-state index is 5.10. The quantitative estimate of drug-likeness (QED) is 0.463. The number of nitrogens with zero attached hydrogens (tertiary/aromatic N) is 2. The van der Waals surface area contributed by atoms with Crippen molar-refractivity contribution in [2.24, 2.45) is 0 Å². The van der Waals surface area contributed by atoms with Gasteiger partial charge in [-0.25, -0.2) is 4.98 Å². The predicted molar refractivity (Wildman–Crippen MR) is 48.6 cm³/mol. The lowest BCUT2D eigenvalue weighted by Crippen LogP contribution is -2.25. The van der Waals surface area contributed by atoms with Gasteiger partial charge in [0.15, 0.2) is 0 Å². The summed E-state index contributed by atoms with van der Waals surface area (Å²) in [4.78, 5) is 3.96. The molecule has 0 aliphatic carbocycles. The van der Waals surface area contributed by atoms with Crippen molar-refractivity contribution in [2.75, 3.05) is 14.2 Å². The molecule has 0 atom stereocenters. The van der Waals surface area contributed by atoms with Crippen LogP contribution in [0.2, 0.25) is 0 Å². The second-order valence-electron chi connectivity index (χ2n) is 2.49. The summed E-state index contributed by atoms with van der Waals surface area (Å²) < 4.78 is 12.3. The molecular formula is C7H14N2O2Si. The fraction of sp³-hybridized carbons (Fsp3) is 0.571. The molecule has 0 saturated carbocycles. The highest BCUT2D eigenvalue weighted by Gasteiger charge is 2.04. The van der Waals surface area contributed by atoms with E-state index in [4.69, 9.17) is 9.47 Å². The summed E-state index contributed by atoms with van der Waals surface area (Å²) in [6.45, 7) is 0. The highest BCUT2D eigenvalue weighted by atomic mass is 28.2. The van der Waals surface area contributed by atoms with Crippen LogP contribution in [-0.2, 0) is 15.6 Å². The van der Waals surface area contributed by atoms with Crippen molar-refractivity contribution in [1.29, 1.82) is 0 Å². The standard InChI is InChI=1S/C7H14N2O2Si/c1-10-7(11-2)12-6-9-4-3-8-5-9/h3-5,7H,6,12H2,1-2H3. The summed E-state index contributed by atoms with van der Waals surface area (Å²) in [5, 5.41) is 0. The zero-order valence-electron chi connectivity index (χ0n) is 7.43. The van der Waals surface area contributed by atoms with E-state index < -0.39 is 0 Å². The lowest BCUT2D eigenvalue weighted by Gasteiger charge is -2.12. The molecule has 0 aliphatic heterocycles. The zero-order chi connectivity index (χ0) is 8.81. The number of imidazole rings is 1. The Morgan fingerprint density at radius 1 is 1.50 bits per heavy atom. The number of hydrogen-bond donors (Lipinski definition) is 0. The van der Waals surface area contributed by atoms with Crippen molar-refractivity contribution in [3.05, 3.63) is 18.7 Å². The zero-order valence-corrected chi connectivity index (χ0v) is 8.85. The van der Waals surface area contributed by atoms with Crippen LogP contribution in [0.1, 0.15) is 0 Å². The third-order valence-corrected chi connectivity index (χ3v) is 3.62. The van der Waals surface area contributed by atoms with Gasteiger partial charge in [-0.15, -0.1) is 0 Å². The second kappa shape index (κ2) is 5.07. The van der Waals surface area contributed by atoms with E-state index in [1.807, 2.05) is 12.5 Å². The highest BCUT2D eigenvalue weighted by Crippen LogP contribution is 1.91. The molecule has 0 saturated heterocycles. The van der Waals surface area contributed by atoms with Crippen molar-refractivity contribution in [3.8, 4) is 0 Å². The van der Waals surface area contributed by atoms with Gasteiger partial charge in [-0.05, 0) is 0 Å². The van der Waals surface area contributed by atoms with Crippen molar-refractivity contribution < 1.29 is 9.47 Å². The summed E-state index contributed by atoms with van der Waals surface area (Å²) in [7, 11) is 2.99. The van der Waals surface area contributed by atoms with Crippen LogP contribution in [0.4, 0.5) is 0 Å². The fourth-order valence-electron chi connectivity index (χ4n) is 1.01. The topological polar surface area (TPSA) is 36.3 Å². The van der Waals surface area contributed by atoms with E-state index in [2.05, 4.69) is 9.55 Å². The van der Waals surface area contributed by atoms with Crippen molar-refractivity contribution >= 4 is 9.52 Å². The van der Waals surface area contributed by atoms with Crippen LogP contribution in [0.3, 0.4) is 0 Å². The molecule has 0 bridgehead atoms. The summed E-state index contributed by atoms with van der Waals surface area (Å²) >= 11 is 0. The Bertz CT molecular complexity index is 199. The predicted octanol–water partition coefficient (Wildman–Crippen LogP) is -0.414. The van der Waals surface area contributed by atoms with Crippen LogP contribution in [0.5, 0.6) is 0 Å². The van der Waals surface area contributed by atoms with E-state index in [0.29, 0.717) is 0 Å². The van der Waals surface area contributed by atoms with Crippen molar-refractivity contribution in [3.63, 3.8) is 0 Å². The van der Waals surface area contributed by atoms with Crippen molar-refractivity contribution in [2.45, 2.75) is 12.1 Å². The van der Waals surface area contributed by atoms with Crippen LogP contribution < -0.4 is 0 Å². The molecule has 0 amide bonds. The molecule has 12 heavy (non-hydrogen) atoms. The van der Waals surface area contributed by atoms with Gasteiger partial charge in [0, 0.05) is 32.8 Å². The largest absolute Gasteiger partial charge is 0.360 e. The molecule has 0 spiro atoms. The normalized spacial score (nSPS) is 11.9. The van der Waals surface area contributed by atoms with Crippen LogP contribution >= 0.6 is 0 Å². The molecule has 0 fully saturated rings. The molecule has 0 radical (unpaired) electrons. The first-order chi connectivity index (χ1) is 5.86. The van der Waals surface area contributed by atoms with Crippen LogP contribution in [0, 0.1) is 0 Å². The molecule has 68 valence electrons. The third-order valence-electron chi connectivity index (χ3n) is 1.71. The number of methoxy groups -OCH3 is 2. The Morgan fingerprint density at radius 3 is 2.75 bits per heavy atom. The Kier molecular flexibility index (Phi) is 3.99. The summed E-state index contributed by atoms with van der Waals surface area (Å²) in [5.41, 5.74) is 0. The van der Waals surface area contributed by atoms with E-state index in [0.717, 1.165) is 6.17 Å². The first kappa shape index (κ1) is 9.44. The minimum Gasteiger partial charge on any atom is -0.360 e. The first-order valence-corrected chi connectivity index (χ1v) is 5.70. The van der Waals surface area contributed by atoms with Gasteiger partial charge in [-0.1, -0.05) is 0 Å². The Balaban J connectivity index is 2.25. The lowest BCUT2D eigenvalue weighted by molar-refractivity contribution is -0.0445. The van der Waals surface area contributed by atoms with E-state index in [9.17, 15) is 0 Å². The molecule has 0 N–H and O–H groups in total. The van der Waals surface area contributed by atoms with Crippen LogP contribution in [0.15, 0.2) is 18.7 Å². The summed E-state index contributed by atoms with van der Waals surface area (Å²) in [5.74, 6) is 0.0207. The molecule has 0 unspecified atom stereocenters. The monoisotopic (exact) mass is 186 g/mol. The fourth-order valence-corrected chi connectivity index (χ4v) is 2.25. The molecule has 4 nitrogen and oxygen atoms in total. The number of rotatable bonds is 5. The number of aromatic nitrogens is 2. The molecule has 5 heteroatoms.